The summed E-state index contributed by atoms with van der Waals surface area (Å²) >= 11 is 1.16. The maximum absolute atomic E-state index is 11.8. The molecule has 0 aliphatic carbocycles. The first-order valence-electron chi connectivity index (χ1n) is 5.94. The number of ether oxygens (including phenoxy) is 1. The molecule has 0 saturated carbocycles. The van der Waals surface area contributed by atoms with Crippen LogP contribution in [0.2, 0.25) is 0 Å². The number of nitro groups is 1. The number of likely N-dealkylation sites (N-methyl/N-ethyl adjacent to an activating group) is 1. The lowest BCUT2D eigenvalue weighted by Gasteiger charge is -2.09. The summed E-state index contributed by atoms with van der Waals surface area (Å²) in [5, 5.41) is 11.3. The zero-order valence-electron chi connectivity index (χ0n) is 11.4. The Labute approximate surface area is 123 Å². The fourth-order valence-corrected chi connectivity index (χ4v) is 2.51. The first kappa shape index (κ1) is 14.9. The van der Waals surface area contributed by atoms with Crippen LogP contribution in [0.5, 0.6) is 0 Å². The van der Waals surface area contributed by atoms with Crippen LogP contribution in [0.3, 0.4) is 0 Å². The minimum Gasteiger partial charge on any atom is -0.451 e. The fourth-order valence-electron chi connectivity index (χ4n) is 1.57. The fraction of sp³-hybridized carbons (Fsp3) is 0.231. The van der Waals surface area contributed by atoms with Crippen molar-refractivity contribution < 1.29 is 19.2 Å². The third kappa shape index (κ3) is 3.34. The molecule has 0 radical (unpaired) electrons. The van der Waals surface area contributed by atoms with Gasteiger partial charge in [0.05, 0.1) is 4.92 Å². The molecule has 1 amide bonds. The highest BCUT2D eigenvalue weighted by atomic mass is 32.1. The van der Waals surface area contributed by atoms with Crippen LogP contribution in [0.15, 0.2) is 24.3 Å². The Morgan fingerprint density at radius 3 is 2.67 bits per heavy atom. The third-order valence-corrected chi connectivity index (χ3v) is 3.83. The number of esters is 1. The molecule has 0 aliphatic heterocycles. The van der Waals surface area contributed by atoms with Gasteiger partial charge in [-0.05, 0) is 12.1 Å². The van der Waals surface area contributed by atoms with Gasteiger partial charge in [0.1, 0.15) is 4.88 Å². The molecule has 1 aromatic heterocycles. The average molecular weight is 308 g/mol. The van der Waals surface area contributed by atoms with Crippen LogP contribution in [-0.2, 0) is 9.53 Å². The van der Waals surface area contributed by atoms with Gasteiger partial charge in [-0.2, -0.15) is 0 Å². The lowest BCUT2D eigenvalue weighted by molar-refractivity contribution is -0.384. The highest BCUT2D eigenvalue weighted by Crippen LogP contribution is 2.29. The SMILES string of the molecule is CN(C)C(=O)COC(=O)c1cc2cc([N+](=O)[O-])ccc2s1. The highest BCUT2D eigenvalue weighted by molar-refractivity contribution is 7.20. The number of rotatable bonds is 4. The number of thiophene rings is 1. The molecule has 7 nitrogen and oxygen atoms in total. The van der Waals surface area contributed by atoms with Gasteiger partial charge < -0.3 is 9.64 Å². The summed E-state index contributed by atoms with van der Waals surface area (Å²) in [7, 11) is 3.13. The van der Waals surface area contributed by atoms with E-state index in [2.05, 4.69) is 0 Å². The Hall–Kier alpha value is -2.48. The Kier molecular flexibility index (Phi) is 4.18. The van der Waals surface area contributed by atoms with Crippen LogP contribution in [-0.4, -0.2) is 42.4 Å². The largest absolute Gasteiger partial charge is 0.451 e. The summed E-state index contributed by atoms with van der Waals surface area (Å²) in [6, 6.07) is 5.88. The molecular weight excluding hydrogens is 296 g/mol. The second-order valence-corrected chi connectivity index (χ2v) is 5.54. The number of amides is 1. The quantitative estimate of drug-likeness (QED) is 0.490. The van der Waals surface area contributed by atoms with Crippen LogP contribution in [0.25, 0.3) is 10.1 Å². The highest BCUT2D eigenvalue weighted by Gasteiger charge is 2.16. The molecule has 0 N–H and O–H groups in total. The molecule has 0 spiro atoms. The van der Waals surface area contributed by atoms with Crippen molar-refractivity contribution in [3.63, 3.8) is 0 Å². The Bertz CT molecular complexity index is 722. The van der Waals surface area contributed by atoms with Crippen molar-refractivity contribution in [3.05, 3.63) is 39.3 Å². The minimum atomic E-state index is -0.617. The van der Waals surface area contributed by atoms with Crippen LogP contribution in [0.1, 0.15) is 9.67 Å². The van der Waals surface area contributed by atoms with E-state index in [1.54, 1.807) is 20.2 Å². The van der Waals surface area contributed by atoms with E-state index in [0.717, 1.165) is 16.0 Å². The van der Waals surface area contributed by atoms with Gasteiger partial charge in [-0.3, -0.25) is 14.9 Å². The number of fused-ring (bicyclic) bond motifs is 1. The first-order valence-corrected chi connectivity index (χ1v) is 6.75. The number of benzene rings is 1. The molecule has 0 unspecified atom stereocenters. The van der Waals surface area contributed by atoms with Gasteiger partial charge in [0.2, 0.25) is 0 Å². The van der Waals surface area contributed by atoms with E-state index in [0.29, 0.717) is 10.3 Å². The molecule has 0 aliphatic rings. The molecule has 2 rings (SSSR count). The van der Waals surface area contributed by atoms with Crippen LogP contribution in [0.4, 0.5) is 5.69 Å². The maximum atomic E-state index is 11.8. The van der Waals surface area contributed by atoms with Crippen LogP contribution in [0, 0.1) is 10.1 Å². The summed E-state index contributed by atoms with van der Waals surface area (Å²) in [6.07, 6.45) is 0. The van der Waals surface area contributed by atoms with Crippen LogP contribution >= 0.6 is 11.3 Å². The van der Waals surface area contributed by atoms with E-state index in [-0.39, 0.29) is 18.2 Å². The van der Waals surface area contributed by atoms with Gasteiger partial charge in [0.25, 0.3) is 11.6 Å². The number of non-ortho nitro benzene ring substituents is 1. The van der Waals surface area contributed by atoms with Crippen molar-refractivity contribution in [3.8, 4) is 0 Å². The Balaban J connectivity index is 2.17. The van der Waals surface area contributed by atoms with Gasteiger partial charge in [0.15, 0.2) is 6.61 Å². The van der Waals surface area contributed by atoms with E-state index >= 15 is 0 Å². The smallest absolute Gasteiger partial charge is 0.348 e. The second-order valence-electron chi connectivity index (χ2n) is 4.45. The van der Waals surface area contributed by atoms with E-state index in [4.69, 9.17) is 4.74 Å². The minimum absolute atomic E-state index is 0.0389. The van der Waals surface area contributed by atoms with E-state index in [1.807, 2.05) is 0 Å². The normalized spacial score (nSPS) is 10.4. The number of nitrogens with zero attached hydrogens (tertiary/aromatic N) is 2. The van der Waals surface area contributed by atoms with Crippen molar-refractivity contribution >= 4 is 39.0 Å². The molecule has 0 atom stereocenters. The first-order chi connectivity index (χ1) is 9.88. The monoisotopic (exact) mass is 308 g/mol. The molecule has 0 fully saturated rings. The van der Waals surface area contributed by atoms with E-state index in [9.17, 15) is 19.7 Å². The van der Waals surface area contributed by atoms with Gasteiger partial charge in [-0.1, -0.05) is 0 Å². The summed E-state index contributed by atoms with van der Waals surface area (Å²) in [6.45, 7) is -0.333. The van der Waals surface area contributed by atoms with E-state index in [1.165, 1.54) is 23.1 Å². The van der Waals surface area contributed by atoms with Crippen molar-refractivity contribution in [2.45, 2.75) is 0 Å². The van der Waals surface area contributed by atoms with Crippen molar-refractivity contribution in [2.24, 2.45) is 0 Å². The van der Waals surface area contributed by atoms with Crippen molar-refractivity contribution in [1.82, 2.24) is 4.90 Å². The molecule has 1 aromatic carbocycles. The zero-order valence-corrected chi connectivity index (χ0v) is 12.2. The Morgan fingerprint density at radius 2 is 2.05 bits per heavy atom. The molecule has 21 heavy (non-hydrogen) atoms. The lowest BCUT2D eigenvalue weighted by Crippen LogP contribution is -2.27. The van der Waals surface area contributed by atoms with Gasteiger partial charge >= 0.3 is 5.97 Å². The van der Waals surface area contributed by atoms with Gasteiger partial charge in [0, 0.05) is 36.3 Å². The molecule has 8 heteroatoms. The number of nitro benzene ring substituents is 1. The Morgan fingerprint density at radius 1 is 1.33 bits per heavy atom. The molecule has 110 valence electrons. The summed E-state index contributed by atoms with van der Waals surface area (Å²) < 4.78 is 5.65. The van der Waals surface area contributed by atoms with Crippen molar-refractivity contribution in [1.29, 1.82) is 0 Å². The topological polar surface area (TPSA) is 89.8 Å². The number of carbonyl (C=O) groups is 2. The number of hydrogen-bond acceptors (Lipinski definition) is 6. The molecule has 0 bridgehead atoms. The molecule has 0 saturated heterocycles. The number of carbonyl (C=O) groups excluding carboxylic acids is 2. The van der Waals surface area contributed by atoms with Crippen molar-refractivity contribution in [2.75, 3.05) is 20.7 Å². The molecular formula is C13H12N2O5S. The summed E-state index contributed by atoms with van der Waals surface area (Å²) in [5.74, 6) is -0.936. The lowest BCUT2D eigenvalue weighted by atomic mass is 10.2. The van der Waals surface area contributed by atoms with Gasteiger partial charge in [-0.15, -0.1) is 11.3 Å². The number of hydrogen-bond donors (Lipinski definition) is 0. The molecule has 2 aromatic rings. The average Bonchev–Trinajstić information content (AvgIpc) is 2.86. The van der Waals surface area contributed by atoms with Gasteiger partial charge in [-0.25, -0.2) is 4.79 Å². The zero-order chi connectivity index (χ0) is 15.6. The van der Waals surface area contributed by atoms with E-state index < -0.39 is 10.9 Å². The van der Waals surface area contributed by atoms with Crippen LogP contribution < -0.4 is 0 Å². The maximum Gasteiger partial charge on any atom is 0.348 e. The predicted molar refractivity (Wildman–Crippen MR) is 77.5 cm³/mol. The predicted octanol–water partition coefficient (Wildman–Crippen LogP) is 2.05. The summed E-state index contributed by atoms with van der Waals surface area (Å²) in [5.41, 5.74) is -0.0389. The summed E-state index contributed by atoms with van der Waals surface area (Å²) in [4.78, 5) is 35.0. The standard InChI is InChI=1S/C13H12N2O5S/c1-14(2)12(16)7-20-13(17)11-6-8-5-9(15(18)19)3-4-10(8)21-11/h3-6H,7H2,1-2H3. The third-order valence-electron chi connectivity index (χ3n) is 2.74. The second kappa shape index (κ2) is 5.88. The molecule has 1 heterocycles.